The Morgan fingerprint density at radius 3 is 1.88 bits per heavy atom. The number of hydrogen-bond donors (Lipinski definition) is 3. The van der Waals surface area contributed by atoms with Crippen LogP contribution >= 0.6 is 0 Å². The van der Waals surface area contributed by atoms with Crippen molar-refractivity contribution in [1.82, 2.24) is 4.31 Å². The van der Waals surface area contributed by atoms with Crippen molar-refractivity contribution in [3.05, 3.63) is 0 Å². The maximum Gasteiger partial charge on any atom is 0.210 e. The molecule has 0 amide bonds. The van der Waals surface area contributed by atoms with Gasteiger partial charge in [-0.25, -0.2) is 12.7 Å². The monoisotopic (exact) mass is 271 g/mol. The predicted octanol–water partition coefficient (Wildman–Crippen LogP) is -1.69. The van der Waals surface area contributed by atoms with Crippen LogP contribution in [-0.4, -0.2) is 74.7 Å². The van der Waals surface area contributed by atoms with Crippen LogP contribution in [0.5, 0.6) is 0 Å². The minimum absolute atomic E-state index is 0.178. The zero-order valence-electron chi connectivity index (χ0n) is 9.76. The van der Waals surface area contributed by atoms with Gasteiger partial charge in [0.25, 0.3) is 0 Å². The van der Waals surface area contributed by atoms with E-state index in [1.165, 1.54) is 11.4 Å². The topological polar surface area (TPSA) is 98.1 Å². The second-order valence-electron chi connectivity index (χ2n) is 4.16. The van der Waals surface area contributed by atoms with Crippen LogP contribution in [0.25, 0.3) is 0 Å². The first kappa shape index (κ1) is 16.0. The van der Waals surface area contributed by atoms with Crippen LogP contribution in [0.1, 0.15) is 6.42 Å². The molecule has 0 unspecified atom stereocenters. The van der Waals surface area contributed by atoms with Crippen molar-refractivity contribution in [2.75, 3.05) is 38.5 Å². The van der Waals surface area contributed by atoms with Crippen LogP contribution in [0.4, 0.5) is 0 Å². The van der Waals surface area contributed by atoms with Gasteiger partial charge in [0.1, 0.15) is 8.07 Å². The standard InChI is InChI=1S/C8H21NO5SSi/c1-9(15(2,13)14)4-3-5-16(6-10,7-11)8-12/h10-12H,3-8H2,1-2H3. The lowest BCUT2D eigenvalue weighted by Crippen LogP contribution is -2.48. The summed E-state index contributed by atoms with van der Waals surface area (Å²) >= 11 is 0. The van der Waals surface area contributed by atoms with Crippen molar-refractivity contribution in [3.63, 3.8) is 0 Å². The van der Waals surface area contributed by atoms with E-state index >= 15 is 0 Å². The Morgan fingerprint density at radius 1 is 1.12 bits per heavy atom. The average Bonchev–Trinajstić information content (AvgIpc) is 2.23. The van der Waals surface area contributed by atoms with Crippen molar-refractivity contribution in [1.29, 1.82) is 0 Å². The number of rotatable bonds is 8. The van der Waals surface area contributed by atoms with Gasteiger partial charge in [0, 0.05) is 32.3 Å². The summed E-state index contributed by atoms with van der Waals surface area (Å²) in [5.41, 5.74) is 0. The van der Waals surface area contributed by atoms with Gasteiger partial charge in [-0.05, 0) is 6.42 Å². The molecule has 16 heavy (non-hydrogen) atoms. The summed E-state index contributed by atoms with van der Waals surface area (Å²) in [5, 5.41) is 27.3. The van der Waals surface area contributed by atoms with E-state index in [1.807, 2.05) is 0 Å². The second-order valence-corrected chi connectivity index (χ2v) is 10.7. The Morgan fingerprint density at radius 2 is 1.56 bits per heavy atom. The lowest BCUT2D eigenvalue weighted by atomic mass is 10.5. The predicted molar refractivity (Wildman–Crippen MR) is 63.9 cm³/mol. The minimum Gasteiger partial charge on any atom is -0.399 e. The maximum absolute atomic E-state index is 11.1. The molecule has 3 N–H and O–H groups in total. The van der Waals surface area contributed by atoms with Crippen molar-refractivity contribution in [2.24, 2.45) is 0 Å². The zero-order valence-corrected chi connectivity index (χ0v) is 11.6. The fourth-order valence-electron chi connectivity index (χ4n) is 1.23. The molecule has 0 aliphatic heterocycles. The van der Waals surface area contributed by atoms with E-state index in [9.17, 15) is 8.42 Å². The van der Waals surface area contributed by atoms with Gasteiger partial charge in [-0.15, -0.1) is 0 Å². The number of hydrogen-bond acceptors (Lipinski definition) is 5. The molecule has 0 radical (unpaired) electrons. The van der Waals surface area contributed by atoms with Crippen LogP contribution in [0.2, 0.25) is 6.04 Å². The van der Waals surface area contributed by atoms with E-state index in [-0.39, 0.29) is 18.7 Å². The highest BCUT2D eigenvalue weighted by molar-refractivity contribution is 7.88. The van der Waals surface area contributed by atoms with Crippen molar-refractivity contribution in [2.45, 2.75) is 12.5 Å². The molecule has 0 aromatic rings. The maximum atomic E-state index is 11.1. The molecular weight excluding hydrogens is 250 g/mol. The smallest absolute Gasteiger partial charge is 0.210 e. The van der Waals surface area contributed by atoms with Gasteiger partial charge in [0.05, 0.1) is 6.26 Å². The summed E-state index contributed by atoms with van der Waals surface area (Å²) < 4.78 is 23.4. The molecule has 0 atom stereocenters. The van der Waals surface area contributed by atoms with Crippen LogP contribution in [0.15, 0.2) is 0 Å². The SMILES string of the molecule is CN(CCC[Si](CO)(CO)CO)S(C)(=O)=O. The van der Waals surface area contributed by atoms with Gasteiger partial charge in [-0.1, -0.05) is 6.04 Å². The molecule has 0 aliphatic rings. The third-order valence-electron chi connectivity index (χ3n) is 2.75. The molecule has 0 fully saturated rings. The third-order valence-corrected chi connectivity index (χ3v) is 7.49. The zero-order chi connectivity index (χ0) is 12.8. The van der Waals surface area contributed by atoms with E-state index in [2.05, 4.69) is 0 Å². The molecule has 0 aliphatic carbocycles. The summed E-state index contributed by atoms with van der Waals surface area (Å²) in [6.45, 7) is 0.341. The second kappa shape index (κ2) is 6.67. The van der Waals surface area contributed by atoms with E-state index in [1.54, 1.807) is 0 Å². The van der Waals surface area contributed by atoms with E-state index < -0.39 is 18.1 Å². The molecule has 0 saturated carbocycles. The normalized spacial score (nSPS) is 13.4. The highest BCUT2D eigenvalue weighted by Crippen LogP contribution is 2.11. The Bertz CT molecular complexity index is 283. The summed E-state index contributed by atoms with van der Waals surface area (Å²) in [5.74, 6) is 0. The minimum atomic E-state index is -3.18. The molecule has 0 aromatic carbocycles. The molecule has 0 aromatic heterocycles. The largest absolute Gasteiger partial charge is 0.399 e. The fourth-order valence-corrected chi connectivity index (χ4v) is 3.37. The quantitative estimate of drug-likeness (QED) is 0.458. The van der Waals surface area contributed by atoms with Gasteiger partial charge in [-0.2, -0.15) is 0 Å². The van der Waals surface area contributed by atoms with Crippen LogP contribution in [0, 0.1) is 0 Å². The first-order chi connectivity index (χ1) is 7.31. The van der Waals surface area contributed by atoms with Gasteiger partial charge >= 0.3 is 0 Å². The summed E-state index contributed by atoms with van der Waals surface area (Å²) in [6, 6.07) is 0.510. The Labute approximate surface area is 97.6 Å². The first-order valence-corrected chi connectivity index (χ1v) is 9.73. The number of aliphatic hydroxyl groups is 3. The number of sulfonamides is 1. The molecule has 0 bridgehead atoms. The van der Waals surface area contributed by atoms with Gasteiger partial charge in [0.2, 0.25) is 10.0 Å². The molecule has 0 spiro atoms. The highest BCUT2D eigenvalue weighted by Gasteiger charge is 2.31. The van der Waals surface area contributed by atoms with Gasteiger partial charge < -0.3 is 15.3 Å². The lowest BCUT2D eigenvalue weighted by molar-refractivity contribution is 0.286. The van der Waals surface area contributed by atoms with Crippen molar-refractivity contribution in [3.8, 4) is 0 Å². The molecule has 0 heterocycles. The molecular formula is C8H21NO5SSi. The Kier molecular flexibility index (Phi) is 6.67. The fraction of sp³-hybridized carbons (Fsp3) is 1.00. The molecule has 98 valence electrons. The van der Waals surface area contributed by atoms with Gasteiger partial charge in [0.15, 0.2) is 0 Å². The average molecular weight is 271 g/mol. The molecule has 0 saturated heterocycles. The molecule has 6 nitrogen and oxygen atoms in total. The van der Waals surface area contributed by atoms with Gasteiger partial charge in [-0.3, -0.25) is 0 Å². The van der Waals surface area contributed by atoms with Crippen LogP contribution in [-0.2, 0) is 10.0 Å². The van der Waals surface area contributed by atoms with Crippen LogP contribution in [0.3, 0.4) is 0 Å². The van der Waals surface area contributed by atoms with E-state index in [0.29, 0.717) is 19.0 Å². The Balaban J connectivity index is 4.15. The molecule has 0 rings (SSSR count). The number of aliphatic hydroxyl groups excluding tert-OH is 3. The van der Waals surface area contributed by atoms with E-state index in [0.717, 1.165) is 6.26 Å². The third kappa shape index (κ3) is 4.89. The molecule has 8 heteroatoms. The summed E-state index contributed by atoms with van der Waals surface area (Å²) in [6.07, 6.45) is 1.13. The summed E-state index contributed by atoms with van der Waals surface area (Å²) in [7, 11) is -4.10. The van der Waals surface area contributed by atoms with Crippen molar-refractivity contribution < 1.29 is 23.7 Å². The first-order valence-electron chi connectivity index (χ1n) is 5.05. The van der Waals surface area contributed by atoms with E-state index in [4.69, 9.17) is 15.3 Å². The van der Waals surface area contributed by atoms with Crippen molar-refractivity contribution >= 4 is 18.1 Å². The number of nitrogens with zero attached hydrogens (tertiary/aromatic N) is 1. The Hall–Kier alpha value is 0.00688. The van der Waals surface area contributed by atoms with Crippen LogP contribution < -0.4 is 0 Å². The lowest BCUT2D eigenvalue weighted by Gasteiger charge is -2.25. The summed E-state index contributed by atoms with van der Waals surface area (Å²) in [4.78, 5) is 0. The highest BCUT2D eigenvalue weighted by atomic mass is 32.2.